The lowest BCUT2D eigenvalue weighted by molar-refractivity contribution is 0.644. The summed E-state index contributed by atoms with van der Waals surface area (Å²) >= 11 is 0. The Balaban J connectivity index is 2.32. The standard InChI is InChI=1S/C7H13N5/c1-2-4-6-8-10-12-11-9-7-5-3-1/h6H,1-5,7H2/b8-6+,11-9+,12-10-. The Labute approximate surface area is 71.7 Å². The van der Waals surface area contributed by atoms with Crippen molar-refractivity contribution in [3.8, 4) is 0 Å². The quantitative estimate of drug-likeness (QED) is 0.532. The lowest BCUT2D eigenvalue weighted by Crippen LogP contribution is -1.83. The first-order valence-corrected chi connectivity index (χ1v) is 4.28. The van der Waals surface area contributed by atoms with Crippen LogP contribution in [0.25, 0.3) is 0 Å². The zero-order valence-electron chi connectivity index (χ0n) is 7.06. The van der Waals surface area contributed by atoms with Gasteiger partial charge in [-0.15, -0.1) is 5.10 Å². The smallest absolute Gasteiger partial charge is 0.0621 e. The summed E-state index contributed by atoms with van der Waals surface area (Å²) in [6.45, 7) is 0.753. The zero-order chi connectivity index (χ0) is 8.49. The summed E-state index contributed by atoms with van der Waals surface area (Å²) in [7, 11) is 0. The summed E-state index contributed by atoms with van der Waals surface area (Å²) in [4.78, 5) is 0. The fourth-order valence-corrected chi connectivity index (χ4v) is 0.980. The highest BCUT2D eigenvalue weighted by Gasteiger charge is 1.89. The molecule has 0 bridgehead atoms. The molecule has 0 aliphatic carbocycles. The molecule has 0 saturated carbocycles. The van der Waals surface area contributed by atoms with Crippen LogP contribution in [0, 0.1) is 0 Å². The Morgan fingerprint density at radius 2 is 1.75 bits per heavy atom. The third-order valence-corrected chi connectivity index (χ3v) is 1.62. The SMILES string of the molecule is C1=N/N=N\N=N\CCCCCC/1. The van der Waals surface area contributed by atoms with Gasteiger partial charge in [0.15, 0.2) is 0 Å². The predicted molar refractivity (Wildman–Crippen MR) is 46.2 cm³/mol. The molecule has 66 valence electrons. The van der Waals surface area contributed by atoms with E-state index in [1.807, 2.05) is 0 Å². The second-order valence-electron chi connectivity index (χ2n) is 2.63. The summed E-state index contributed by atoms with van der Waals surface area (Å²) in [5.41, 5.74) is 0. The van der Waals surface area contributed by atoms with Crippen LogP contribution < -0.4 is 0 Å². The Kier molecular flexibility index (Phi) is 4.91. The first-order valence-electron chi connectivity index (χ1n) is 4.28. The van der Waals surface area contributed by atoms with Crippen molar-refractivity contribution in [2.45, 2.75) is 32.1 Å². The molecule has 0 N–H and O–H groups in total. The molecule has 12 heavy (non-hydrogen) atoms. The molecule has 0 radical (unpaired) electrons. The molecule has 0 fully saturated rings. The lowest BCUT2D eigenvalue weighted by Gasteiger charge is -1.95. The molecule has 1 aliphatic heterocycles. The number of hydrogen-bond donors (Lipinski definition) is 0. The van der Waals surface area contributed by atoms with E-state index in [-0.39, 0.29) is 0 Å². The van der Waals surface area contributed by atoms with Crippen molar-refractivity contribution in [2.24, 2.45) is 25.9 Å². The van der Waals surface area contributed by atoms with E-state index in [0.29, 0.717) is 0 Å². The third kappa shape index (κ3) is 4.65. The Bertz CT molecular complexity index is 164. The van der Waals surface area contributed by atoms with E-state index in [9.17, 15) is 0 Å². The molecule has 0 amide bonds. The van der Waals surface area contributed by atoms with Gasteiger partial charge >= 0.3 is 0 Å². The van der Waals surface area contributed by atoms with Gasteiger partial charge in [-0.3, -0.25) is 0 Å². The van der Waals surface area contributed by atoms with Crippen LogP contribution in [0.5, 0.6) is 0 Å². The first kappa shape index (κ1) is 8.96. The second kappa shape index (κ2) is 6.57. The zero-order valence-corrected chi connectivity index (χ0v) is 7.06. The number of rotatable bonds is 0. The van der Waals surface area contributed by atoms with E-state index in [2.05, 4.69) is 25.9 Å². The molecule has 5 nitrogen and oxygen atoms in total. The molecule has 0 aromatic carbocycles. The molecule has 5 heteroatoms. The lowest BCUT2D eigenvalue weighted by atomic mass is 10.1. The van der Waals surface area contributed by atoms with Crippen LogP contribution in [0.4, 0.5) is 0 Å². The molecular formula is C7H13N5. The fraction of sp³-hybridized carbons (Fsp3) is 0.857. The van der Waals surface area contributed by atoms with Crippen molar-refractivity contribution in [1.82, 2.24) is 0 Å². The molecule has 0 aromatic heterocycles. The summed E-state index contributed by atoms with van der Waals surface area (Å²) in [5.74, 6) is 0. The van der Waals surface area contributed by atoms with E-state index in [4.69, 9.17) is 0 Å². The fourth-order valence-electron chi connectivity index (χ4n) is 0.980. The molecule has 0 saturated heterocycles. The van der Waals surface area contributed by atoms with Crippen molar-refractivity contribution < 1.29 is 0 Å². The first-order chi connectivity index (χ1) is 6.00. The van der Waals surface area contributed by atoms with Crippen LogP contribution in [0.1, 0.15) is 32.1 Å². The highest BCUT2D eigenvalue weighted by Crippen LogP contribution is 2.02. The Morgan fingerprint density at radius 3 is 2.75 bits per heavy atom. The molecule has 0 spiro atoms. The van der Waals surface area contributed by atoms with Gasteiger partial charge in [-0.05, 0) is 34.9 Å². The van der Waals surface area contributed by atoms with Gasteiger partial charge in [0.05, 0.1) is 6.54 Å². The Morgan fingerprint density at radius 1 is 0.833 bits per heavy atom. The summed E-state index contributed by atoms with van der Waals surface area (Å²) in [5, 5.41) is 17.8. The normalized spacial score (nSPS) is 28.0. The summed E-state index contributed by atoms with van der Waals surface area (Å²) in [6, 6.07) is 0. The van der Waals surface area contributed by atoms with Crippen molar-refractivity contribution in [2.75, 3.05) is 6.54 Å². The second-order valence-corrected chi connectivity index (χ2v) is 2.63. The van der Waals surface area contributed by atoms with Crippen LogP contribution in [0.2, 0.25) is 0 Å². The number of nitrogens with zero attached hydrogens (tertiary/aromatic N) is 5. The average molecular weight is 167 g/mol. The maximum absolute atomic E-state index is 3.80. The molecule has 0 aromatic rings. The van der Waals surface area contributed by atoms with Gasteiger partial charge in [0.1, 0.15) is 0 Å². The van der Waals surface area contributed by atoms with Crippen LogP contribution in [-0.2, 0) is 0 Å². The van der Waals surface area contributed by atoms with Crippen LogP contribution in [-0.4, -0.2) is 12.8 Å². The van der Waals surface area contributed by atoms with Crippen molar-refractivity contribution in [3.63, 3.8) is 0 Å². The maximum atomic E-state index is 3.80. The van der Waals surface area contributed by atoms with Gasteiger partial charge in [0.2, 0.25) is 0 Å². The van der Waals surface area contributed by atoms with Gasteiger partial charge < -0.3 is 0 Å². The van der Waals surface area contributed by atoms with E-state index < -0.39 is 0 Å². The van der Waals surface area contributed by atoms with Gasteiger partial charge in [-0.25, -0.2) is 0 Å². The van der Waals surface area contributed by atoms with Crippen molar-refractivity contribution in [3.05, 3.63) is 0 Å². The minimum Gasteiger partial charge on any atom is -0.167 e. The van der Waals surface area contributed by atoms with Crippen molar-refractivity contribution in [1.29, 1.82) is 0 Å². The largest absolute Gasteiger partial charge is 0.167 e. The molecule has 1 rings (SSSR count). The molecule has 0 atom stereocenters. The van der Waals surface area contributed by atoms with Gasteiger partial charge in [0, 0.05) is 6.21 Å². The monoisotopic (exact) mass is 167 g/mol. The summed E-state index contributed by atoms with van der Waals surface area (Å²) in [6.07, 6.45) is 7.46. The molecule has 1 heterocycles. The minimum absolute atomic E-state index is 0.753. The average Bonchev–Trinajstić information content (AvgIpc) is 2.05. The van der Waals surface area contributed by atoms with Gasteiger partial charge in [-0.2, -0.15) is 5.11 Å². The summed E-state index contributed by atoms with van der Waals surface area (Å²) < 4.78 is 0. The van der Waals surface area contributed by atoms with E-state index in [0.717, 1.165) is 19.4 Å². The van der Waals surface area contributed by atoms with Crippen molar-refractivity contribution >= 4 is 6.21 Å². The van der Waals surface area contributed by atoms with E-state index in [1.165, 1.54) is 19.3 Å². The van der Waals surface area contributed by atoms with Gasteiger partial charge in [0.25, 0.3) is 0 Å². The number of hydrogen-bond acceptors (Lipinski definition) is 5. The Hall–Kier alpha value is -1.13. The molecular weight excluding hydrogens is 154 g/mol. The highest BCUT2D eigenvalue weighted by atomic mass is 15.5. The van der Waals surface area contributed by atoms with Crippen LogP contribution in [0.15, 0.2) is 25.9 Å². The highest BCUT2D eigenvalue weighted by molar-refractivity contribution is 5.56. The van der Waals surface area contributed by atoms with Crippen LogP contribution in [0.3, 0.4) is 0 Å². The van der Waals surface area contributed by atoms with E-state index in [1.54, 1.807) is 6.21 Å². The molecule has 1 aliphatic rings. The van der Waals surface area contributed by atoms with E-state index >= 15 is 0 Å². The van der Waals surface area contributed by atoms with Crippen LogP contribution >= 0.6 is 0 Å². The predicted octanol–water partition coefficient (Wildman–Crippen LogP) is 2.76. The maximum Gasteiger partial charge on any atom is 0.0621 e. The third-order valence-electron chi connectivity index (χ3n) is 1.62. The topological polar surface area (TPSA) is 61.8 Å². The van der Waals surface area contributed by atoms with Gasteiger partial charge in [-0.1, -0.05) is 12.8 Å². The molecule has 0 unspecified atom stereocenters. The minimum atomic E-state index is 0.753.